The van der Waals surface area contributed by atoms with Crippen LogP contribution in [0.4, 0.5) is 13.2 Å². The molecule has 1 atom stereocenters. The number of carbonyl (C=O) groups is 2. The number of pyridine rings is 1. The number of aryl methyl sites for hydroxylation is 1. The molecule has 1 aromatic heterocycles. The number of rotatable bonds is 7. The van der Waals surface area contributed by atoms with Crippen molar-refractivity contribution in [2.75, 3.05) is 6.61 Å². The molecule has 0 bridgehead atoms. The molecule has 0 radical (unpaired) electrons. The Balaban J connectivity index is 2.29. The second kappa shape index (κ2) is 9.03. The van der Waals surface area contributed by atoms with Gasteiger partial charge in [-0.15, -0.1) is 0 Å². The van der Waals surface area contributed by atoms with Crippen LogP contribution in [0.25, 0.3) is 0 Å². The molecule has 168 valence electrons. The number of aromatic nitrogens is 1. The first-order valence-corrected chi connectivity index (χ1v) is 9.63. The first kappa shape index (κ1) is 24.3. The van der Waals surface area contributed by atoms with Crippen LogP contribution in [0.2, 0.25) is 0 Å². The summed E-state index contributed by atoms with van der Waals surface area (Å²) in [6.07, 6.45) is -0.264. The molecule has 2 heterocycles. The maximum absolute atomic E-state index is 13.1. The number of alkyl halides is 3. The number of hydrogen-bond donors (Lipinski definition) is 0. The second-order valence-electron chi connectivity index (χ2n) is 8.38. The first-order valence-electron chi connectivity index (χ1n) is 9.63. The van der Waals surface area contributed by atoms with Crippen molar-refractivity contribution in [3.8, 4) is 5.88 Å². The van der Waals surface area contributed by atoms with Crippen LogP contribution in [0.15, 0.2) is 40.7 Å². The molecule has 0 aliphatic carbocycles. The predicted molar refractivity (Wildman–Crippen MR) is 111 cm³/mol. The fraction of sp³-hybridized carbons (Fsp3) is 0.455. The highest BCUT2D eigenvalue weighted by Crippen LogP contribution is 2.34. The molecule has 0 fully saturated rings. The van der Waals surface area contributed by atoms with E-state index < -0.39 is 24.2 Å². The van der Waals surface area contributed by atoms with Gasteiger partial charge in [0.05, 0.1) is 6.04 Å². The highest BCUT2D eigenvalue weighted by Gasteiger charge is 2.41. The van der Waals surface area contributed by atoms with Crippen molar-refractivity contribution in [2.45, 2.75) is 53.4 Å². The van der Waals surface area contributed by atoms with Gasteiger partial charge in [0, 0.05) is 41.1 Å². The van der Waals surface area contributed by atoms with Crippen LogP contribution in [-0.4, -0.2) is 47.1 Å². The molecule has 1 amide bonds. The first-order chi connectivity index (χ1) is 14.3. The molecule has 1 aliphatic rings. The van der Waals surface area contributed by atoms with E-state index in [1.165, 1.54) is 23.4 Å². The summed E-state index contributed by atoms with van der Waals surface area (Å²) in [5.41, 5.74) is 0.987. The molecule has 0 saturated carbocycles. The fourth-order valence-corrected chi connectivity index (χ4v) is 3.24. The Morgan fingerprint density at radius 1 is 1.35 bits per heavy atom. The summed E-state index contributed by atoms with van der Waals surface area (Å²) in [7, 11) is 0. The molecule has 2 rings (SSSR count). The molecule has 1 unspecified atom stereocenters. The van der Waals surface area contributed by atoms with Crippen molar-refractivity contribution < 1.29 is 27.5 Å². The molecule has 0 aromatic carbocycles. The maximum Gasteiger partial charge on any atom is 0.422 e. The highest BCUT2D eigenvalue weighted by atomic mass is 19.4. The van der Waals surface area contributed by atoms with Gasteiger partial charge in [-0.1, -0.05) is 20.8 Å². The molecule has 31 heavy (non-hydrogen) atoms. The van der Waals surface area contributed by atoms with Crippen molar-refractivity contribution in [1.82, 2.24) is 9.88 Å². The Bertz CT molecular complexity index is 944. The third-order valence-electron chi connectivity index (χ3n) is 4.75. The zero-order valence-corrected chi connectivity index (χ0v) is 18.2. The van der Waals surface area contributed by atoms with Crippen LogP contribution in [0, 0.1) is 12.3 Å². The SMILES string of the molecule is C=N/C=C\C1=C(C(=O)C(C)(C)C)C(C)N(Cc2cnc(OCC(F)(F)F)c(C)c2)C1=O. The summed E-state index contributed by atoms with van der Waals surface area (Å²) in [6, 6.07) is 1.12. The Morgan fingerprint density at radius 3 is 2.52 bits per heavy atom. The minimum Gasteiger partial charge on any atom is -0.468 e. The number of Topliss-reactive ketones (excluding diaryl/α,β-unsaturated/α-hetero) is 1. The molecule has 9 heteroatoms. The van der Waals surface area contributed by atoms with Crippen molar-refractivity contribution >= 4 is 18.4 Å². The number of amides is 1. The monoisotopic (exact) mass is 437 g/mol. The molecule has 1 aliphatic heterocycles. The van der Waals surface area contributed by atoms with Crippen molar-refractivity contribution in [1.29, 1.82) is 0 Å². The predicted octanol–water partition coefficient (Wildman–Crippen LogP) is 4.19. The normalized spacial score (nSPS) is 17.6. The highest BCUT2D eigenvalue weighted by molar-refractivity contribution is 6.13. The van der Waals surface area contributed by atoms with Gasteiger partial charge >= 0.3 is 6.18 Å². The third-order valence-corrected chi connectivity index (χ3v) is 4.75. The van der Waals surface area contributed by atoms with Crippen LogP contribution in [0.5, 0.6) is 5.88 Å². The van der Waals surface area contributed by atoms with Crippen LogP contribution in [-0.2, 0) is 16.1 Å². The zero-order valence-electron chi connectivity index (χ0n) is 18.2. The van der Waals surface area contributed by atoms with Gasteiger partial charge in [-0.3, -0.25) is 14.6 Å². The van der Waals surface area contributed by atoms with Crippen LogP contribution >= 0.6 is 0 Å². The van der Waals surface area contributed by atoms with E-state index >= 15 is 0 Å². The van der Waals surface area contributed by atoms with Gasteiger partial charge in [0.1, 0.15) is 0 Å². The van der Waals surface area contributed by atoms with Crippen LogP contribution in [0.1, 0.15) is 38.8 Å². The summed E-state index contributed by atoms with van der Waals surface area (Å²) in [6.45, 7) is 10.7. The number of carbonyl (C=O) groups excluding carboxylic acids is 2. The smallest absolute Gasteiger partial charge is 0.422 e. The molecule has 6 nitrogen and oxygen atoms in total. The van der Waals surface area contributed by atoms with Gasteiger partial charge in [0.2, 0.25) is 5.88 Å². The molecule has 1 aromatic rings. The van der Waals surface area contributed by atoms with E-state index in [4.69, 9.17) is 4.74 Å². The minimum absolute atomic E-state index is 0.121. The standard InChI is InChI=1S/C22H26F3N3O3/c1-13-9-15(10-27-19(13)31-12-22(23,24)25)11-28-14(2)17(18(29)21(3,4)5)16(20(28)30)7-8-26-6/h7-10,14H,6,11-12H2,1-5H3/b8-7-. The molecular formula is C22H26F3N3O3. The number of aliphatic imine (C=N–C) groups is 1. The molecular weight excluding hydrogens is 411 g/mol. The van der Waals surface area contributed by atoms with Gasteiger partial charge < -0.3 is 9.64 Å². The second-order valence-corrected chi connectivity index (χ2v) is 8.38. The summed E-state index contributed by atoms with van der Waals surface area (Å²) >= 11 is 0. The molecule has 0 spiro atoms. The Labute approximate surface area is 179 Å². The van der Waals surface area contributed by atoms with E-state index in [1.54, 1.807) is 40.7 Å². The lowest BCUT2D eigenvalue weighted by Gasteiger charge is -2.26. The number of nitrogens with zero attached hydrogens (tertiary/aromatic N) is 3. The van der Waals surface area contributed by atoms with E-state index in [2.05, 4.69) is 16.7 Å². The molecule has 0 saturated heterocycles. The minimum atomic E-state index is -4.46. The average Bonchev–Trinajstić information content (AvgIpc) is 2.87. The number of ketones is 1. The largest absolute Gasteiger partial charge is 0.468 e. The quantitative estimate of drug-likeness (QED) is 0.600. The molecule has 0 N–H and O–H groups in total. The average molecular weight is 437 g/mol. The van der Waals surface area contributed by atoms with E-state index in [9.17, 15) is 22.8 Å². The Hall–Kier alpha value is -2.97. The summed E-state index contributed by atoms with van der Waals surface area (Å²) in [5.74, 6) is -0.607. The van der Waals surface area contributed by atoms with Crippen molar-refractivity contribution in [3.63, 3.8) is 0 Å². The number of halogens is 3. The lowest BCUT2D eigenvalue weighted by atomic mass is 9.83. The Morgan fingerprint density at radius 2 is 2.00 bits per heavy atom. The van der Waals surface area contributed by atoms with E-state index in [0.29, 0.717) is 16.7 Å². The number of ether oxygens (including phenoxy) is 1. The van der Waals surface area contributed by atoms with Crippen molar-refractivity contribution in [3.05, 3.63) is 46.8 Å². The van der Waals surface area contributed by atoms with Gasteiger partial charge in [-0.05, 0) is 38.3 Å². The summed E-state index contributed by atoms with van der Waals surface area (Å²) in [4.78, 5) is 35.2. The third kappa shape index (κ3) is 5.80. The van der Waals surface area contributed by atoms with Gasteiger partial charge in [0.15, 0.2) is 12.4 Å². The van der Waals surface area contributed by atoms with E-state index in [-0.39, 0.29) is 29.7 Å². The van der Waals surface area contributed by atoms with Gasteiger partial charge in [-0.25, -0.2) is 4.98 Å². The Kier molecular flexibility index (Phi) is 7.08. The maximum atomic E-state index is 13.1. The summed E-state index contributed by atoms with van der Waals surface area (Å²) in [5, 5.41) is 0. The number of hydrogen-bond acceptors (Lipinski definition) is 5. The topological polar surface area (TPSA) is 71.9 Å². The van der Waals surface area contributed by atoms with E-state index in [0.717, 1.165) is 0 Å². The lowest BCUT2D eigenvalue weighted by molar-refractivity contribution is -0.154. The van der Waals surface area contributed by atoms with Crippen molar-refractivity contribution in [2.24, 2.45) is 10.4 Å². The summed E-state index contributed by atoms with van der Waals surface area (Å²) < 4.78 is 41.8. The van der Waals surface area contributed by atoms with Crippen LogP contribution < -0.4 is 4.74 Å². The van der Waals surface area contributed by atoms with Gasteiger partial charge in [-0.2, -0.15) is 13.2 Å². The lowest BCUT2D eigenvalue weighted by Crippen LogP contribution is -2.36. The van der Waals surface area contributed by atoms with E-state index in [1.807, 2.05) is 0 Å². The van der Waals surface area contributed by atoms with Crippen LogP contribution in [0.3, 0.4) is 0 Å². The fourth-order valence-electron chi connectivity index (χ4n) is 3.24. The van der Waals surface area contributed by atoms with Gasteiger partial charge in [0.25, 0.3) is 5.91 Å². The zero-order chi connectivity index (χ0) is 23.6.